The number of carbonyl (C=O) groups is 1. The molecule has 0 bridgehead atoms. The summed E-state index contributed by atoms with van der Waals surface area (Å²) in [6.07, 6.45) is 1.41. The van der Waals surface area contributed by atoms with Gasteiger partial charge < -0.3 is 10.6 Å². The van der Waals surface area contributed by atoms with Gasteiger partial charge in [-0.1, -0.05) is 17.7 Å². The van der Waals surface area contributed by atoms with Crippen LogP contribution in [0.25, 0.3) is 0 Å². The molecule has 0 radical (unpaired) electrons. The molecule has 0 saturated carbocycles. The summed E-state index contributed by atoms with van der Waals surface area (Å²) in [5, 5.41) is 2.31. The lowest BCUT2D eigenvalue weighted by molar-refractivity contribution is 0.0754. The smallest absolute Gasteiger partial charge is 0.255 e. The summed E-state index contributed by atoms with van der Waals surface area (Å²) in [4.78, 5) is 19.2. The molecule has 19 heavy (non-hydrogen) atoms. The van der Waals surface area contributed by atoms with Gasteiger partial charge in [0.25, 0.3) is 5.91 Å². The van der Waals surface area contributed by atoms with E-state index in [4.69, 9.17) is 17.3 Å². The number of nitrogen functional groups attached to an aromatic ring is 1. The molecule has 0 atom stereocenters. The quantitative estimate of drug-likeness (QED) is 0.943. The van der Waals surface area contributed by atoms with Gasteiger partial charge in [-0.05, 0) is 24.4 Å². The third-order valence-electron chi connectivity index (χ3n) is 2.70. The highest BCUT2D eigenvalue weighted by atomic mass is 35.5. The fourth-order valence-electron chi connectivity index (χ4n) is 1.71. The van der Waals surface area contributed by atoms with Crippen molar-refractivity contribution in [1.29, 1.82) is 0 Å². The van der Waals surface area contributed by atoms with Crippen molar-refractivity contribution in [2.24, 2.45) is 0 Å². The maximum Gasteiger partial charge on any atom is 0.255 e. The highest BCUT2D eigenvalue weighted by Crippen LogP contribution is 2.20. The minimum absolute atomic E-state index is 0.130. The molecule has 2 N–H and O–H groups in total. The van der Waals surface area contributed by atoms with E-state index in [1.54, 1.807) is 16.2 Å². The first-order chi connectivity index (χ1) is 9.11. The fourth-order valence-corrected chi connectivity index (χ4v) is 2.61. The first-order valence-corrected chi connectivity index (χ1v) is 7.10. The van der Waals surface area contributed by atoms with Crippen LogP contribution in [0, 0.1) is 0 Å². The predicted octanol–water partition coefficient (Wildman–Crippen LogP) is 3.04. The van der Waals surface area contributed by atoms with Gasteiger partial charge >= 0.3 is 0 Å². The van der Waals surface area contributed by atoms with Gasteiger partial charge in [0.1, 0.15) is 5.82 Å². The maximum absolute atomic E-state index is 12.4. The summed E-state index contributed by atoms with van der Waals surface area (Å²) in [7, 11) is 0. The molecule has 100 valence electrons. The highest BCUT2D eigenvalue weighted by molar-refractivity contribution is 7.09. The molecule has 0 spiro atoms. The number of thiophene rings is 1. The molecule has 2 heterocycles. The van der Waals surface area contributed by atoms with Gasteiger partial charge in [-0.25, -0.2) is 4.98 Å². The first-order valence-electron chi connectivity index (χ1n) is 5.84. The molecule has 2 aromatic heterocycles. The van der Waals surface area contributed by atoms with Crippen molar-refractivity contribution >= 4 is 34.7 Å². The molecule has 0 aliphatic heterocycles. The molecule has 6 heteroatoms. The monoisotopic (exact) mass is 295 g/mol. The number of aromatic nitrogens is 1. The summed E-state index contributed by atoms with van der Waals surface area (Å²) in [5.41, 5.74) is 6.00. The third-order valence-corrected chi connectivity index (χ3v) is 3.86. The van der Waals surface area contributed by atoms with Crippen molar-refractivity contribution in [3.63, 3.8) is 0 Å². The highest BCUT2D eigenvalue weighted by Gasteiger charge is 2.18. The van der Waals surface area contributed by atoms with Crippen molar-refractivity contribution in [3.8, 4) is 0 Å². The van der Waals surface area contributed by atoms with Crippen molar-refractivity contribution in [1.82, 2.24) is 9.88 Å². The lowest BCUT2D eigenvalue weighted by Gasteiger charge is -2.20. The Morgan fingerprint density at radius 2 is 2.37 bits per heavy atom. The molecule has 0 aliphatic carbocycles. The van der Waals surface area contributed by atoms with Crippen LogP contribution in [0.15, 0.2) is 29.8 Å². The second-order valence-electron chi connectivity index (χ2n) is 3.99. The Labute approximate surface area is 120 Å². The number of nitrogens with zero attached hydrogens (tertiary/aromatic N) is 2. The number of carbonyl (C=O) groups excluding carboxylic acids is 1. The lowest BCUT2D eigenvalue weighted by atomic mass is 10.2. The van der Waals surface area contributed by atoms with Crippen molar-refractivity contribution in [2.75, 3.05) is 12.3 Å². The van der Waals surface area contributed by atoms with Crippen LogP contribution in [0.2, 0.25) is 5.02 Å². The van der Waals surface area contributed by atoms with Gasteiger partial charge in [-0.2, -0.15) is 0 Å². The Hall–Kier alpha value is -1.59. The molecule has 0 aromatic carbocycles. The van der Waals surface area contributed by atoms with E-state index >= 15 is 0 Å². The largest absolute Gasteiger partial charge is 0.384 e. The van der Waals surface area contributed by atoms with E-state index in [2.05, 4.69) is 4.98 Å². The van der Waals surface area contributed by atoms with Gasteiger partial charge in [0, 0.05) is 17.6 Å². The van der Waals surface area contributed by atoms with E-state index < -0.39 is 0 Å². The van der Waals surface area contributed by atoms with Crippen LogP contribution in [0.5, 0.6) is 0 Å². The number of pyridine rings is 1. The van der Waals surface area contributed by atoms with Gasteiger partial charge in [0.15, 0.2) is 0 Å². The third kappa shape index (κ3) is 3.24. The van der Waals surface area contributed by atoms with E-state index in [9.17, 15) is 4.79 Å². The van der Waals surface area contributed by atoms with Crippen molar-refractivity contribution in [3.05, 3.63) is 45.2 Å². The summed E-state index contributed by atoms with van der Waals surface area (Å²) >= 11 is 7.63. The zero-order valence-electron chi connectivity index (χ0n) is 10.5. The fraction of sp³-hybridized carbons (Fsp3) is 0.231. The summed E-state index contributed by atoms with van der Waals surface area (Å²) in [5.74, 6) is 0.162. The van der Waals surface area contributed by atoms with Crippen LogP contribution in [-0.4, -0.2) is 22.3 Å². The second-order valence-corrected chi connectivity index (χ2v) is 5.43. The van der Waals surface area contributed by atoms with Gasteiger partial charge in [-0.3, -0.25) is 4.79 Å². The van der Waals surface area contributed by atoms with Gasteiger partial charge in [0.2, 0.25) is 0 Å². The minimum Gasteiger partial charge on any atom is -0.384 e. The normalized spacial score (nSPS) is 10.4. The van der Waals surface area contributed by atoms with Crippen LogP contribution < -0.4 is 5.73 Å². The number of amides is 1. The number of anilines is 1. The minimum atomic E-state index is -0.130. The molecule has 0 unspecified atom stereocenters. The van der Waals surface area contributed by atoms with E-state index in [0.717, 1.165) is 4.88 Å². The topological polar surface area (TPSA) is 59.2 Å². The molecule has 4 nitrogen and oxygen atoms in total. The Morgan fingerprint density at radius 3 is 3.00 bits per heavy atom. The number of nitrogens with two attached hydrogens (primary N) is 1. The molecule has 2 rings (SSSR count). The zero-order valence-corrected chi connectivity index (χ0v) is 12.0. The number of hydrogen-bond donors (Lipinski definition) is 1. The van der Waals surface area contributed by atoms with E-state index in [-0.39, 0.29) is 5.91 Å². The number of hydrogen-bond acceptors (Lipinski definition) is 4. The lowest BCUT2D eigenvalue weighted by Crippen LogP contribution is -2.30. The van der Waals surface area contributed by atoms with Crippen LogP contribution in [0.4, 0.5) is 5.82 Å². The Balaban J connectivity index is 2.23. The number of rotatable bonds is 4. The molecule has 0 aliphatic rings. The van der Waals surface area contributed by atoms with Crippen molar-refractivity contribution < 1.29 is 4.79 Å². The Kier molecular flexibility index (Phi) is 4.39. The van der Waals surface area contributed by atoms with E-state index in [1.807, 2.05) is 24.4 Å². The van der Waals surface area contributed by atoms with Crippen LogP contribution >= 0.6 is 22.9 Å². The summed E-state index contributed by atoms with van der Waals surface area (Å²) in [6.45, 7) is 3.12. The molecule has 2 aromatic rings. The Bertz CT molecular complexity index is 571. The molecule has 0 saturated heterocycles. The SMILES string of the molecule is CCN(Cc1cccs1)C(=O)c1cc(N)ncc1Cl. The van der Waals surface area contributed by atoms with Crippen LogP contribution in [0.3, 0.4) is 0 Å². The van der Waals surface area contributed by atoms with Crippen LogP contribution in [-0.2, 0) is 6.54 Å². The first kappa shape index (κ1) is 13.8. The molecular weight excluding hydrogens is 282 g/mol. The summed E-state index contributed by atoms with van der Waals surface area (Å²) < 4.78 is 0. The average Bonchev–Trinajstić information content (AvgIpc) is 2.91. The van der Waals surface area contributed by atoms with Crippen LogP contribution in [0.1, 0.15) is 22.2 Å². The molecular formula is C13H14ClN3OS. The second kappa shape index (κ2) is 6.04. The Morgan fingerprint density at radius 1 is 1.58 bits per heavy atom. The van der Waals surface area contributed by atoms with Gasteiger partial charge in [-0.15, -0.1) is 11.3 Å². The average molecular weight is 296 g/mol. The maximum atomic E-state index is 12.4. The standard InChI is InChI=1S/C13H14ClN3OS/c1-2-17(8-9-4-3-5-19-9)13(18)10-6-12(15)16-7-11(10)14/h3-7H,2,8H2,1H3,(H2,15,16). The van der Waals surface area contributed by atoms with E-state index in [1.165, 1.54) is 12.3 Å². The number of halogens is 1. The van der Waals surface area contributed by atoms with Gasteiger partial charge in [0.05, 0.1) is 17.1 Å². The summed E-state index contributed by atoms with van der Waals surface area (Å²) in [6, 6.07) is 5.49. The molecule has 0 fully saturated rings. The molecule has 1 amide bonds. The van der Waals surface area contributed by atoms with Crippen molar-refractivity contribution in [2.45, 2.75) is 13.5 Å². The zero-order chi connectivity index (χ0) is 13.8. The van der Waals surface area contributed by atoms with E-state index in [0.29, 0.717) is 29.5 Å². The predicted molar refractivity (Wildman–Crippen MR) is 78.4 cm³/mol.